The van der Waals surface area contributed by atoms with Crippen LogP contribution in [0.2, 0.25) is 0 Å². The van der Waals surface area contributed by atoms with Gasteiger partial charge in [-0.2, -0.15) is 0 Å². The first-order valence-corrected chi connectivity index (χ1v) is 6.09. The Balaban J connectivity index is 1.96. The van der Waals surface area contributed by atoms with Crippen LogP contribution in [0.15, 0.2) is 0 Å². The van der Waals surface area contributed by atoms with E-state index in [0.29, 0.717) is 18.4 Å². The van der Waals surface area contributed by atoms with Crippen LogP contribution in [0.1, 0.15) is 45.4 Å². The van der Waals surface area contributed by atoms with Gasteiger partial charge in [0.15, 0.2) is 0 Å². The van der Waals surface area contributed by atoms with E-state index in [4.69, 9.17) is 5.73 Å². The van der Waals surface area contributed by atoms with Crippen LogP contribution in [-0.2, 0) is 0 Å². The molecule has 2 rings (SSSR count). The Hall–Kier alpha value is -0.0800. The summed E-state index contributed by atoms with van der Waals surface area (Å²) in [5.41, 5.74) is 5.91. The Labute approximate surface area is 86.9 Å². The second kappa shape index (κ2) is 3.82. The van der Waals surface area contributed by atoms with Crippen molar-refractivity contribution in [1.29, 1.82) is 0 Å². The number of nitrogens with two attached hydrogens (primary N) is 1. The first-order valence-electron chi connectivity index (χ1n) is 6.09. The Morgan fingerprint density at radius 2 is 1.93 bits per heavy atom. The van der Waals surface area contributed by atoms with Gasteiger partial charge >= 0.3 is 0 Å². The van der Waals surface area contributed by atoms with Crippen molar-refractivity contribution in [3.05, 3.63) is 0 Å². The van der Waals surface area contributed by atoms with Gasteiger partial charge in [0.2, 0.25) is 0 Å². The number of aliphatic hydroxyl groups is 1. The first-order chi connectivity index (χ1) is 6.70. The second-order valence-electron chi connectivity index (χ2n) is 5.39. The monoisotopic (exact) mass is 197 g/mol. The average Bonchev–Trinajstić information content (AvgIpc) is 2.91. The predicted molar refractivity (Wildman–Crippen MR) is 57.9 cm³/mol. The largest absolute Gasteiger partial charge is 0.392 e. The van der Waals surface area contributed by atoms with Gasteiger partial charge in [0.1, 0.15) is 0 Å². The van der Waals surface area contributed by atoms with E-state index >= 15 is 0 Å². The molecule has 3 atom stereocenters. The van der Waals surface area contributed by atoms with Crippen molar-refractivity contribution in [1.82, 2.24) is 0 Å². The van der Waals surface area contributed by atoms with Gasteiger partial charge < -0.3 is 10.8 Å². The van der Waals surface area contributed by atoms with Crippen LogP contribution in [0, 0.1) is 17.3 Å². The summed E-state index contributed by atoms with van der Waals surface area (Å²) in [4.78, 5) is 0. The van der Waals surface area contributed by atoms with Gasteiger partial charge in [-0.15, -0.1) is 0 Å². The molecule has 0 bridgehead atoms. The molecular weight excluding hydrogens is 174 g/mol. The molecule has 0 aromatic carbocycles. The van der Waals surface area contributed by atoms with Crippen molar-refractivity contribution in [2.24, 2.45) is 23.0 Å². The summed E-state index contributed by atoms with van der Waals surface area (Å²) >= 11 is 0. The third-order valence-electron chi connectivity index (χ3n) is 4.57. The minimum absolute atomic E-state index is 0.0992. The summed E-state index contributed by atoms with van der Waals surface area (Å²) in [6.45, 7) is 2.89. The average molecular weight is 197 g/mol. The van der Waals surface area contributed by atoms with Gasteiger partial charge in [-0.3, -0.25) is 0 Å². The third kappa shape index (κ3) is 1.59. The molecule has 0 aliphatic heterocycles. The van der Waals surface area contributed by atoms with Crippen molar-refractivity contribution in [2.75, 3.05) is 6.54 Å². The molecule has 0 saturated heterocycles. The Morgan fingerprint density at radius 3 is 2.36 bits per heavy atom. The fourth-order valence-electron chi connectivity index (χ4n) is 3.25. The molecule has 0 aromatic rings. The smallest absolute Gasteiger partial charge is 0.0639 e. The van der Waals surface area contributed by atoms with Gasteiger partial charge in [-0.25, -0.2) is 0 Å². The van der Waals surface area contributed by atoms with Crippen LogP contribution in [0.3, 0.4) is 0 Å². The molecule has 0 aromatic heterocycles. The van der Waals surface area contributed by atoms with Gasteiger partial charge in [0.05, 0.1) is 6.10 Å². The molecule has 3 N–H and O–H groups in total. The predicted octanol–water partition coefficient (Wildman–Crippen LogP) is 1.91. The Kier molecular flexibility index (Phi) is 2.85. The normalized spacial score (nSPS) is 40.9. The Morgan fingerprint density at radius 1 is 1.36 bits per heavy atom. The summed E-state index contributed by atoms with van der Waals surface area (Å²) in [6.07, 6.45) is 7.41. The fraction of sp³-hybridized carbons (Fsp3) is 1.00. The highest BCUT2D eigenvalue weighted by Gasteiger charge is 2.56. The molecule has 2 aliphatic carbocycles. The molecule has 0 amide bonds. The first kappa shape index (κ1) is 10.4. The van der Waals surface area contributed by atoms with Crippen molar-refractivity contribution in [3.8, 4) is 0 Å². The van der Waals surface area contributed by atoms with Crippen molar-refractivity contribution < 1.29 is 5.11 Å². The van der Waals surface area contributed by atoms with E-state index in [1.54, 1.807) is 0 Å². The lowest BCUT2D eigenvalue weighted by atomic mass is 9.78. The van der Waals surface area contributed by atoms with Gasteiger partial charge in [0, 0.05) is 12.0 Å². The minimum atomic E-state index is -0.122. The van der Waals surface area contributed by atoms with E-state index in [0.717, 1.165) is 6.42 Å². The molecule has 2 nitrogen and oxygen atoms in total. The molecular formula is C12H23NO. The minimum Gasteiger partial charge on any atom is -0.392 e. The Bertz CT molecular complexity index is 196. The van der Waals surface area contributed by atoms with Crippen LogP contribution in [-0.4, -0.2) is 17.8 Å². The zero-order valence-corrected chi connectivity index (χ0v) is 9.21. The van der Waals surface area contributed by atoms with Crippen LogP contribution in [0.25, 0.3) is 0 Å². The number of aliphatic hydroxyl groups excluding tert-OH is 1. The van der Waals surface area contributed by atoms with E-state index in [9.17, 15) is 5.11 Å². The molecule has 2 aliphatic rings. The van der Waals surface area contributed by atoms with E-state index in [2.05, 4.69) is 6.92 Å². The summed E-state index contributed by atoms with van der Waals surface area (Å²) in [7, 11) is 0. The zero-order valence-electron chi connectivity index (χ0n) is 9.21. The fourth-order valence-corrected chi connectivity index (χ4v) is 3.25. The highest BCUT2D eigenvalue weighted by Crippen LogP contribution is 2.56. The molecule has 2 saturated carbocycles. The van der Waals surface area contributed by atoms with Crippen molar-refractivity contribution >= 4 is 0 Å². The maximum Gasteiger partial charge on any atom is 0.0639 e. The van der Waals surface area contributed by atoms with E-state index < -0.39 is 0 Å². The standard InChI is InChI=1S/C12H23NO/c1-9-7-12(9,8-13)11(14)10-5-3-2-4-6-10/h9-11,14H,2-8,13H2,1H3/t9-,11-,12+/m1/s1. The van der Waals surface area contributed by atoms with E-state index in [1.165, 1.54) is 32.1 Å². The van der Waals surface area contributed by atoms with Crippen LogP contribution in [0.5, 0.6) is 0 Å². The molecule has 2 heteroatoms. The van der Waals surface area contributed by atoms with Crippen LogP contribution >= 0.6 is 0 Å². The maximum atomic E-state index is 10.4. The summed E-state index contributed by atoms with van der Waals surface area (Å²) < 4.78 is 0. The molecule has 82 valence electrons. The lowest BCUT2D eigenvalue weighted by Gasteiger charge is -2.32. The molecule has 0 spiro atoms. The van der Waals surface area contributed by atoms with E-state index in [1.807, 2.05) is 0 Å². The van der Waals surface area contributed by atoms with Crippen molar-refractivity contribution in [3.63, 3.8) is 0 Å². The summed E-state index contributed by atoms with van der Waals surface area (Å²) in [5.74, 6) is 1.18. The number of rotatable bonds is 3. The highest BCUT2D eigenvalue weighted by molar-refractivity contribution is 5.07. The molecule has 14 heavy (non-hydrogen) atoms. The summed E-state index contributed by atoms with van der Waals surface area (Å²) in [5, 5.41) is 10.4. The number of hydrogen-bond donors (Lipinski definition) is 2. The molecule has 2 fully saturated rings. The highest BCUT2D eigenvalue weighted by atomic mass is 16.3. The second-order valence-corrected chi connectivity index (χ2v) is 5.39. The zero-order chi connectivity index (χ0) is 10.2. The van der Waals surface area contributed by atoms with Crippen LogP contribution < -0.4 is 5.73 Å². The topological polar surface area (TPSA) is 46.2 Å². The van der Waals surface area contributed by atoms with Crippen molar-refractivity contribution in [2.45, 2.75) is 51.6 Å². The van der Waals surface area contributed by atoms with Crippen LogP contribution in [0.4, 0.5) is 0 Å². The number of hydrogen-bond acceptors (Lipinski definition) is 2. The van der Waals surface area contributed by atoms with E-state index in [-0.39, 0.29) is 11.5 Å². The van der Waals surface area contributed by atoms with Gasteiger partial charge in [-0.1, -0.05) is 26.2 Å². The summed E-state index contributed by atoms with van der Waals surface area (Å²) in [6, 6.07) is 0. The quantitative estimate of drug-likeness (QED) is 0.726. The molecule has 0 heterocycles. The van der Waals surface area contributed by atoms with Gasteiger partial charge in [-0.05, 0) is 31.1 Å². The van der Waals surface area contributed by atoms with Gasteiger partial charge in [0.25, 0.3) is 0 Å². The molecule has 0 radical (unpaired) electrons. The SMILES string of the molecule is C[C@@H]1C[C@@]1(CN)[C@H](O)C1CCCCC1. The molecule has 0 unspecified atom stereocenters. The lowest BCUT2D eigenvalue weighted by molar-refractivity contribution is 0.0182. The third-order valence-corrected chi connectivity index (χ3v) is 4.57. The lowest BCUT2D eigenvalue weighted by Crippen LogP contribution is -2.38. The maximum absolute atomic E-state index is 10.4.